The van der Waals surface area contributed by atoms with Crippen LogP contribution in [0.15, 0.2) is 36.5 Å². The van der Waals surface area contributed by atoms with Gasteiger partial charge < -0.3 is 15.5 Å². The van der Waals surface area contributed by atoms with E-state index in [1.54, 1.807) is 18.3 Å². The molecule has 1 aromatic carbocycles. The van der Waals surface area contributed by atoms with Gasteiger partial charge in [-0.25, -0.2) is 4.98 Å². The molecular formula is C18H24F3N5. The van der Waals surface area contributed by atoms with Crippen molar-refractivity contribution in [2.75, 3.05) is 37.8 Å². The van der Waals surface area contributed by atoms with Crippen LogP contribution in [-0.4, -0.2) is 42.1 Å². The zero-order valence-corrected chi connectivity index (χ0v) is 15.4. The molecule has 0 aliphatic rings. The summed E-state index contributed by atoms with van der Waals surface area (Å²) in [6.07, 6.45) is -2.83. The number of benzene rings is 1. The first-order chi connectivity index (χ1) is 12.0. The van der Waals surface area contributed by atoms with E-state index in [0.717, 1.165) is 18.7 Å². The molecule has 2 N–H and O–H groups in total. The molecule has 0 saturated heterocycles. The van der Waals surface area contributed by atoms with E-state index in [9.17, 15) is 13.2 Å². The Balaban J connectivity index is 2.06. The summed E-state index contributed by atoms with van der Waals surface area (Å²) in [5.74, 6) is 0.848. The van der Waals surface area contributed by atoms with Crippen LogP contribution in [0.25, 0.3) is 0 Å². The summed E-state index contributed by atoms with van der Waals surface area (Å²) >= 11 is 0. The van der Waals surface area contributed by atoms with E-state index in [4.69, 9.17) is 0 Å². The van der Waals surface area contributed by atoms with Crippen LogP contribution in [0.1, 0.15) is 19.4 Å². The molecular weight excluding hydrogens is 343 g/mol. The Bertz CT molecular complexity index is 729. The van der Waals surface area contributed by atoms with E-state index >= 15 is 0 Å². The SMILES string of the molecule is CN(C)CC(C)(C)CNc1ccnc(Nc2cccc(C(F)(F)F)c2)n1. The monoisotopic (exact) mass is 367 g/mol. The second kappa shape index (κ2) is 7.90. The minimum Gasteiger partial charge on any atom is -0.369 e. The molecule has 26 heavy (non-hydrogen) atoms. The maximum atomic E-state index is 12.8. The number of nitrogens with zero attached hydrogens (tertiary/aromatic N) is 3. The quantitative estimate of drug-likeness (QED) is 0.767. The summed E-state index contributed by atoms with van der Waals surface area (Å²) in [6.45, 7) is 5.89. The van der Waals surface area contributed by atoms with Crippen LogP contribution < -0.4 is 10.6 Å². The summed E-state index contributed by atoms with van der Waals surface area (Å²) in [5.41, 5.74) is -0.407. The highest BCUT2D eigenvalue weighted by molar-refractivity contribution is 5.56. The molecule has 2 rings (SSSR count). The highest BCUT2D eigenvalue weighted by Crippen LogP contribution is 2.31. The third kappa shape index (κ3) is 6.18. The number of alkyl halides is 3. The minimum absolute atomic E-state index is 0.0308. The first-order valence-electron chi connectivity index (χ1n) is 8.21. The average Bonchev–Trinajstić information content (AvgIpc) is 2.52. The number of rotatable bonds is 7. The number of hydrogen-bond donors (Lipinski definition) is 2. The largest absolute Gasteiger partial charge is 0.416 e. The Labute approximate surface area is 151 Å². The van der Waals surface area contributed by atoms with Gasteiger partial charge in [0.05, 0.1) is 5.56 Å². The van der Waals surface area contributed by atoms with Gasteiger partial charge in [0.15, 0.2) is 0 Å². The second-order valence-electron chi connectivity index (χ2n) is 7.22. The number of anilines is 3. The van der Waals surface area contributed by atoms with Gasteiger partial charge in [0, 0.05) is 25.0 Å². The van der Waals surface area contributed by atoms with Gasteiger partial charge in [-0.1, -0.05) is 19.9 Å². The van der Waals surface area contributed by atoms with Crippen molar-refractivity contribution in [3.8, 4) is 0 Å². The van der Waals surface area contributed by atoms with E-state index in [1.807, 2.05) is 14.1 Å². The summed E-state index contributed by atoms with van der Waals surface area (Å²) in [4.78, 5) is 10.5. The molecule has 0 bridgehead atoms. The highest BCUT2D eigenvalue weighted by Gasteiger charge is 2.30. The van der Waals surface area contributed by atoms with Gasteiger partial charge in [-0.05, 0) is 43.8 Å². The molecule has 1 heterocycles. The summed E-state index contributed by atoms with van der Waals surface area (Å²) in [7, 11) is 4.03. The summed E-state index contributed by atoms with van der Waals surface area (Å²) in [5, 5.41) is 6.07. The number of nitrogens with one attached hydrogen (secondary N) is 2. The lowest BCUT2D eigenvalue weighted by Crippen LogP contribution is -2.34. The first kappa shape index (κ1) is 20.0. The molecule has 0 atom stereocenters. The van der Waals surface area contributed by atoms with Gasteiger partial charge in [-0.2, -0.15) is 18.2 Å². The van der Waals surface area contributed by atoms with Crippen LogP contribution in [0.4, 0.5) is 30.6 Å². The van der Waals surface area contributed by atoms with E-state index in [0.29, 0.717) is 12.4 Å². The molecule has 8 heteroatoms. The maximum absolute atomic E-state index is 12.8. The Morgan fingerprint density at radius 3 is 2.50 bits per heavy atom. The number of halogens is 3. The smallest absolute Gasteiger partial charge is 0.369 e. The van der Waals surface area contributed by atoms with Crippen LogP contribution in [-0.2, 0) is 6.18 Å². The topological polar surface area (TPSA) is 53.1 Å². The fraction of sp³-hybridized carbons (Fsp3) is 0.444. The predicted molar refractivity (Wildman–Crippen MR) is 97.6 cm³/mol. The van der Waals surface area contributed by atoms with Crippen molar-refractivity contribution < 1.29 is 13.2 Å². The molecule has 0 radical (unpaired) electrons. The molecule has 0 aliphatic heterocycles. The van der Waals surface area contributed by atoms with Crippen LogP contribution in [0.2, 0.25) is 0 Å². The number of hydrogen-bond acceptors (Lipinski definition) is 5. The highest BCUT2D eigenvalue weighted by atomic mass is 19.4. The average molecular weight is 367 g/mol. The zero-order chi connectivity index (χ0) is 19.4. The maximum Gasteiger partial charge on any atom is 0.416 e. The van der Waals surface area contributed by atoms with Crippen molar-refractivity contribution in [1.29, 1.82) is 0 Å². The van der Waals surface area contributed by atoms with Crippen LogP contribution in [0.3, 0.4) is 0 Å². The van der Waals surface area contributed by atoms with Gasteiger partial charge in [0.1, 0.15) is 5.82 Å². The molecule has 0 saturated carbocycles. The molecule has 2 aromatic rings. The Hall–Kier alpha value is -2.35. The fourth-order valence-corrected chi connectivity index (χ4v) is 2.66. The third-order valence-corrected chi connectivity index (χ3v) is 3.59. The van der Waals surface area contributed by atoms with E-state index in [1.165, 1.54) is 6.07 Å². The van der Waals surface area contributed by atoms with E-state index in [2.05, 4.69) is 39.3 Å². The first-order valence-corrected chi connectivity index (χ1v) is 8.21. The predicted octanol–water partition coefficient (Wildman–Crippen LogP) is 4.24. The van der Waals surface area contributed by atoms with Gasteiger partial charge in [0.25, 0.3) is 0 Å². The fourth-order valence-electron chi connectivity index (χ4n) is 2.66. The van der Waals surface area contributed by atoms with Gasteiger partial charge >= 0.3 is 6.18 Å². The van der Waals surface area contributed by atoms with E-state index < -0.39 is 11.7 Å². The van der Waals surface area contributed by atoms with Crippen molar-refractivity contribution >= 4 is 17.5 Å². The molecule has 0 unspecified atom stereocenters. The molecule has 0 spiro atoms. The zero-order valence-electron chi connectivity index (χ0n) is 15.4. The molecule has 0 amide bonds. The van der Waals surface area contributed by atoms with Crippen LogP contribution in [0, 0.1) is 5.41 Å². The van der Waals surface area contributed by atoms with Crippen molar-refractivity contribution in [3.63, 3.8) is 0 Å². The second-order valence-corrected chi connectivity index (χ2v) is 7.22. The lowest BCUT2D eigenvalue weighted by molar-refractivity contribution is -0.137. The Kier molecular flexibility index (Phi) is 6.07. The lowest BCUT2D eigenvalue weighted by Gasteiger charge is -2.28. The summed E-state index contributed by atoms with van der Waals surface area (Å²) in [6, 6.07) is 6.67. The molecule has 1 aromatic heterocycles. The number of aromatic nitrogens is 2. The Morgan fingerprint density at radius 2 is 1.85 bits per heavy atom. The molecule has 0 aliphatic carbocycles. The van der Waals surface area contributed by atoms with Crippen molar-refractivity contribution in [1.82, 2.24) is 14.9 Å². The van der Waals surface area contributed by atoms with E-state index in [-0.39, 0.29) is 17.1 Å². The van der Waals surface area contributed by atoms with Gasteiger partial charge in [-0.3, -0.25) is 0 Å². The van der Waals surface area contributed by atoms with Crippen molar-refractivity contribution in [2.24, 2.45) is 5.41 Å². The normalized spacial score (nSPS) is 12.3. The summed E-state index contributed by atoms with van der Waals surface area (Å²) < 4.78 is 38.4. The third-order valence-electron chi connectivity index (χ3n) is 3.59. The van der Waals surface area contributed by atoms with Crippen molar-refractivity contribution in [3.05, 3.63) is 42.1 Å². The molecule has 0 fully saturated rings. The Morgan fingerprint density at radius 1 is 1.12 bits per heavy atom. The van der Waals surface area contributed by atoms with Crippen LogP contribution >= 0.6 is 0 Å². The van der Waals surface area contributed by atoms with Gasteiger partial charge in [0.2, 0.25) is 5.95 Å². The minimum atomic E-state index is -4.39. The van der Waals surface area contributed by atoms with Crippen LogP contribution in [0.5, 0.6) is 0 Å². The van der Waals surface area contributed by atoms with Crippen molar-refractivity contribution in [2.45, 2.75) is 20.0 Å². The van der Waals surface area contributed by atoms with Gasteiger partial charge in [-0.15, -0.1) is 0 Å². The standard InChI is InChI=1S/C18H24F3N5/c1-17(2,12-26(3)4)11-23-15-8-9-22-16(25-15)24-14-7-5-6-13(10-14)18(19,20)21/h5-10H,11-12H2,1-4H3,(H2,22,23,24,25). The molecule has 5 nitrogen and oxygen atoms in total. The lowest BCUT2D eigenvalue weighted by atomic mass is 9.93. The molecule has 142 valence electrons.